The summed E-state index contributed by atoms with van der Waals surface area (Å²) in [5.74, 6) is 0.899. The van der Waals surface area contributed by atoms with E-state index in [1.54, 1.807) is 18.4 Å². The molecule has 0 unspecified atom stereocenters. The summed E-state index contributed by atoms with van der Waals surface area (Å²) in [5.41, 5.74) is 1.11. The summed E-state index contributed by atoms with van der Waals surface area (Å²) in [6.07, 6.45) is 1.89. The molecule has 0 aliphatic carbocycles. The largest absolute Gasteiger partial charge is 0.496 e. The van der Waals surface area contributed by atoms with Crippen LogP contribution in [0.1, 0.15) is 5.01 Å². The van der Waals surface area contributed by atoms with Crippen molar-refractivity contribution in [3.63, 3.8) is 0 Å². The molecule has 2 nitrogen and oxygen atoms in total. The zero-order chi connectivity index (χ0) is 9.97. The molecule has 0 aliphatic heterocycles. The van der Waals surface area contributed by atoms with Crippen molar-refractivity contribution in [2.75, 3.05) is 7.11 Å². The number of hydrogen-bond donors (Lipinski definition) is 0. The smallest absolute Gasteiger partial charge is 0.127 e. The van der Waals surface area contributed by atoms with Gasteiger partial charge in [-0.25, -0.2) is 4.98 Å². The first kappa shape index (κ1) is 9.21. The van der Waals surface area contributed by atoms with Crippen LogP contribution in [-0.2, 0) is 0 Å². The number of hydrogen-bond acceptors (Lipinski definition) is 3. The van der Waals surface area contributed by atoms with Crippen molar-refractivity contribution in [1.82, 2.24) is 4.98 Å². The van der Waals surface area contributed by atoms with Gasteiger partial charge in [-0.1, -0.05) is 12.1 Å². The van der Waals surface area contributed by atoms with Crippen LogP contribution >= 0.6 is 11.3 Å². The van der Waals surface area contributed by atoms with E-state index in [2.05, 4.69) is 4.98 Å². The van der Waals surface area contributed by atoms with E-state index in [-0.39, 0.29) is 0 Å². The molecule has 1 aromatic carbocycles. The third-order valence-corrected chi connectivity index (χ3v) is 2.94. The number of aromatic nitrogens is 1. The van der Waals surface area contributed by atoms with Gasteiger partial charge in [0, 0.05) is 11.8 Å². The minimum atomic E-state index is 0.899. The highest BCUT2D eigenvalue weighted by Crippen LogP contribution is 2.32. The topological polar surface area (TPSA) is 22.1 Å². The SMILES string of the molecule is COc1ccccc1-c1cnc(C)s1. The summed E-state index contributed by atoms with van der Waals surface area (Å²) in [7, 11) is 1.69. The Labute approximate surface area is 87.2 Å². The number of aryl methyl sites for hydroxylation is 1. The molecule has 0 spiro atoms. The Balaban J connectivity index is 2.50. The average Bonchev–Trinajstić information content (AvgIpc) is 2.65. The Kier molecular flexibility index (Phi) is 2.50. The second kappa shape index (κ2) is 3.80. The predicted octanol–water partition coefficient (Wildman–Crippen LogP) is 3.13. The Morgan fingerprint density at radius 3 is 2.71 bits per heavy atom. The van der Waals surface area contributed by atoms with Gasteiger partial charge in [0.25, 0.3) is 0 Å². The third kappa shape index (κ3) is 1.63. The van der Waals surface area contributed by atoms with Gasteiger partial charge < -0.3 is 4.74 Å². The molecule has 0 N–H and O–H groups in total. The molecule has 72 valence electrons. The van der Waals surface area contributed by atoms with E-state index in [0.717, 1.165) is 21.2 Å². The van der Waals surface area contributed by atoms with E-state index in [1.165, 1.54) is 0 Å². The van der Waals surface area contributed by atoms with Gasteiger partial charge in [0.15, 0.2) is 0 Å². The molecule has 0 saturated carbocycles. The molecule has 0 amide bonds. The fourth-order valence-electron chi connectivity index (χ4n) is 1.33. The number of thiazole rings is 1. The number of methoxy groups -OCH3 is 1. The van der Waals surface area contributed by atoms with Gasteiger partial charge in [-0.3, -0.25) is 0 Å². The van der Waals surface area contributed by atoms with Gasteiger partial charge in [0.05, 0.1) is 17.0 Å². The third-order valence-electron chi connectivity index (χ3n) is 1.99. The number of ether oxygens (including phenoxy) is 1. The molecule has 0 fully saturated rings. The summed E-state index contributed by atoms with van der Waals surface area (Å²) in [6, 6.07) is 7.99. The normalized spacial score (nSPS) is 10.1. The molecule has 0 aliphatic rings. The second-order valence-electron chi connectivity index (χ2n) is 2.94. The lowest BCUT2D eigenvalue weighted by atomic mass is 10.2. The maximum Gasteiger partial charge on any atom is 0.127 e. The Bertz CT molecular complexity index is 436. The van der Waals surface area contributed by atoms with E-state index in [1.807, 2.05) is 37.4 Å². The number of rotatable bonds is 2. The molecule has 1 heterocycles. The summed E-state index contributed by atoms with van der Waals surface area (Å²) in [5, 5.41) is 1.07. The highest BCUT2D eigenvalue weighted by Gasteiger charge is 2.06. The molecule has 1 aromatic heterocycles. The van der Waals surface area contributed by atoms with Crippen molar-refractivity contribution in [2.24, 2.45) is 0 Å². The molecule has 2 aromatic rings. The van der Waals surface area contributed by atoms with Crippen LogP contribution in [0.4, 0.5) is 0 Å². The van der Waals surface area contributed by atoms with E-state index < -0.39 is 0 Å². The van der Waals surface area contributed by atoms with Gasteiger partial charge in [-0.05, 0) is 19.1 Å². The Morgan fingerprint density at radius 2 is 2.07 bits per heavy atom. The van der Waals surface area contributed by atoms with Crippen LogP contribution in [0.2, 0.25) is 0 Å². The van der Waals surface area contributed by atoms with Crippen molar-refractivity contribution >= 4 is 11.3 Å². The number of nitrogens with zero attached hydrogens (tertiary/aromatic N) is 1. The molecule has 14 heavy (non-hydrogen) atoms. The molecular formula is C11H11NOS. The van der Waals surface area contributed by atoms with E-state index in [0.29, 0.717) is 0 Å². The van der Waals surface area contributed by atoms with Gasteiger partial charge in [0.1, 0.15) is 5.75 Å². The first-order valence-electron chi connectivity index (χ1n) is 4.37. The Hall–Kier alpha value is -1.35. The van der Waals surface area contributed by atoms with Crippen molar-refractivity contribution in [3.05, 3.63) is 35.5 Å². The molecule has 0 bridgehead atoms. The maximum absolute atomic E-state index is 5.29. The van der Waals surface area contributed by atoms with Crippen LogP contribution in [0.25, 0.3) is 10.4 Å². The van der Waals surface area contributed by atoms with Gasteiger partial charge in [-0.2, -0.15) is 0 Å². The van der Waals surface area contributed by atoms with Crippen LogP contribution in [0, 0.1) is 6.92 Å². The van der Waals surface area contributed by atoms with Crippen LogP contribution in [0.15, 0.2) is 30.5 Å². The van der Waals surface area contributed by atoms with Gasteiger partial charge in [-0.15, -0.1) is 11.3 Å². The second-order valence-corrected chi connectivity index (χ2v) is 4.18. The molecule has 0 radical (unpaired) electrons. The summed E-state index contributed by atoms with van der Waals surface area (Å²) in [4.78, 5) is 5.38. The van der Waals surface area contributed by atoms with E-state index >= 15 is 0 Å². The minimum absolute atomic E-state index is 0.899. The fraction of sp³-hybridized carbons (Fsp3) is 0.182. The zero-order valence-electron chi connectivity index (χ0n) is 8.15. The number of benzene rings is 1. The molecular weight excluding hydrogens is 194 g/mol. The quantitative estimate of drug-likeness (QED) is 0.751. The standard InChI is InChI=1S/C11H11NOS/c1-8-12-7-11(14-8)9-5-3-4-6-10(9)13-2/h3-7H,1-2H3. The van der Waals surface area contributed by atoms with Crippen molar-refractivity contribution in [1.29, 1.82) is 0 Å². The first-order chi connectivity index (χ1) is 6.81. The van der Waals surface area contributed by atoms with Gasteiger partial charge in [0.2, 0.25) is 0 Å². The van der Waals surface area contributed by atoms with Crippen molar-refractivity contribution < 1.29 is 4.74 Å². The summed E-state index contributed by atoms with van der Waals surface area (Å²) in [6.45, 7) is 2.00. The fourth-order valence-corrected chi connectivity index (χ4v) is 2.14. The monoisotopic (exact) mass is 205 g/mol. The molecule has 0 atom stereocenters. The van der Waals surface area contributed by atoms with E-state index in [9.17, 15) is 0 Å². The zero-order valence-corrected chi connectivity index (χ0v) is 8.97. The molecule has 3 heteroatoms. The average molecular weight is 205 g/mol. The predicted molar refractivity (Wildman–Crippen MR) is 58.8 cm³/mol. The highest BCUT2D eigenvalue weighted by atomic mass is 32.1. The molecule has 2 rings (SSSR count). The van der Waals surface area contributed by atoms with E-state index in [4.69, 9.17) is 4.74 Å². The minimum Gasteiger partial charge on any atom is -0.496 e. The van der Waals surface area contributed by atoms with Crippen LogP contribution in [0.5, 0.6) is 5.75 Å². The van der Waals surface area contributed by atoms with Crippen LogP contribution < -0.4 is 4.74 Å². The lowest BCUT2D eigenvalue weighted by Gasteiger charge is -2.04. The van der Waals surface area contributed by atoms with Crippen molar-refractivity contribution in [2.45, 2.75) is 6.92 Å². The summed E-state index contributed by atoms with van der Waals surface area (Å²) < 4.78 is 5.29. The summed E-state index contributed by atoms with van der Waals surface area (Å²) >= 11 is 1.68. The molecule has 0 saturated heterocycles. The lowest BCUT2D eigenvalue weighted by molar-refractivity contribution is 0.416. The Morgan fingerprint density at radius 1 is 1.29 bits per heavy atom. The highest BCUT2D eigenvalue weighted by molar-refractivity contribution is 7.15. The first-order valence-corrected chi connectivity index (χ1v) is 5.18. The van der Waals surface area contributed by atoms with Crippen LogP contribution in [0.3, 0.4) is 0 Å². The number of para-hydroxylation sites is 1. The lowest BCUT2D eigenvalue weighted by Crippen LogP contribution is -1.84. The van der Waals surface area contributed by atoms with Crippen LogP contribution in [-0.4, -0.2) is 12.1 Å². The van der Waals surface area contributed by atoms with Crippen molar-refractivity contribution in [3.8, 4) is 16.2 Å². The maximum atomic E-state index is 5.29. The van der Waals surface area contributed by atoms with Gasteiger partial charge >= 0.3 is 0 Å².